The lowest BCUT2D eigenvalue weighted by atomic mass is 9.66. The standard InChI is InChI=1S/C25H37NO4S/c1-17-9-14-21-22(15-17)30-23(18-10-12-20(13-11-18)31(3,28)29)16-25(21,2)26-24(27)19-7-5-4-6-8-19/h10-13,17,19,21-23H,4-9,14-16H2,1-3H3,(H,26,27)/t17-,21-,22-,23-,25-/m0/s1. The second kappa shape index (κ2) is 8.86. The Balaban J connectivity index is 1.57. The molecule has 0 bridgehead atoms. The number of carbonyl (C=O) groups is 1. The Labute approximate surface area is 187 Å². The summed E-state index contributed by atoms with van der Waals surface area (Å²) in [6, 6.07) is 7.08. The Hall–Kier alpha value is -1.40. The maximum absolute atomic E-state index is 13.2. The number of hydrogen-bond donors (Lipinski definition) is 1. The van der Waals surface area contributed by atoms with Crippen LogP contribution in [0.5, 0.6) is 0 Å². The van der Waals surface area contributed by atoms with Gasteiger partial charge in [-0.2, -0.15) is 0 Å². The van der Waals surface area contributed by atoms with Gasteiger partial charge < -0.3 is 10.1 Å². The van der Waals surface area contributed by atoms with Crippen molar-refractivity contribution in [3.63, 3.8) is 0 Å². The maximum Gasteiger partial charge on any atom is 0.223 e. The lowest BCUT2D eigenvalue weighted by Gasteiger charge is -2.52. The van der Waals surface area contributed by atoms with E-state index in [2.05, 4.69) is 19.2 Å². The number of fused-ring (bicyclic) bond motifs is 1. The third-order valence-corrected chi connectivity index (χ3v) is 9.01. The molecule has 4 rings (SSSR count). The molecule has 1 aromatic carbocycles. The number of sulfone groups is 1. The molecule has 1 amide bonds. The quantitative estimate of drug-likeness (QED) is 0.719. The first-order valence-corrected chi connectivity index (χ1v) is 13.8. The van der Waals surface area contributed by atoms with Crippen molar-refractivity contribution in [3.8, 4) is 0 Å². The molecule has 31 heavy (non-hydrogen) atoms. The Morgan fingerprint density at radius 1 is 1.06 bits per heavy atom. The topological polar surface area (TPSA) is 72.5 Å². The summed E-state index contributed by atoms with van der Waals surface area (Å²) in [7, 11) is -3.23. The Morgan fingerprint density at radius 2 is 1.74 bits per heavy atom. The van der Waals surface area contributed by atoms with E-state index in [0.29, 0.717) is 16.7 Å². The van der Waals surface area contributed by atoms with Crippen LogP contribution in [0.1, 0.15) is 83.3 Å². The van der Waals surface area contributed by atoms with E-state index >= 15 is 0 Å². The first kappa shape index (κ1) is 22.8. The van der Waals surface area contributed by atoms with Crippen LogP contribution in [0.25, 0.3) is 0 Å². The van der Waals surface area contributed by atoms with Crippen LogP contribution in [0.2, 0.25) is 0 Å². The van der Waals surface area contributed by atoms with E-state index in [-0.39, 0.29) is 29.6 Å². The molecule has 0 spiro atoms. The lowest BCUT2D eigenvalue weighted by molar-refractivity contribution is -0.155. The van der Waals surface area contributed by atoms with Crippen molar-refractivity contribution < 1.29 is 17.9 Å². The summed E-state index contributed by atoms with van der Waals surface area (Å²) >= 11 is 0. The summed E-state index contributed by atoms with van der Waals surface area (Å²) in [5.74, 6) is 1.29. The molecule has 2 aliphatic carbocycles. The summed E-state index contributed by atoms with van der Waals surface area (Å²) in [6.45, 7) is 4.49. The highest BCUT2D eigenvalue weighted by Crippen LogP contribution is 2.48. The average molecular weight is 448 g/mol. The predicted molar refractivity (Wildman–Crippen MR) is 121 cm³/mol. The van der Waals surface area contributed by atoms with Crippen molar-refractivity contribution in [2.45, 2.75) is 94.3 Å². The van der Waals surface area contributed by atoms with Crippen LogP contribution < -0.4 is 5.32 Å². The number of benzene rings is 1. The van der Waals surface area contributed by atoms with Gasteiger partial charge >= 0.3 is 0 Å². The third-order valence-electron chi connectivity index (χ3n) is 7.89. The number of hydrogen-bond acceptors (Lipinski definition) is 4. The van der Waals surface area contributed by atoms with Gasteiger partial charge in [-0.05, 0) is 56.2 Å². The Morgan fingerprint density at radius 3 is 2.39 bits per heavy atom. The fourth-order valence-corrected chi connectivity index (χ4v) is 6.65. The van der Waals surface area contributed by atoms with E-state index < -0.39 is 9.84 Å². The molecule has 1 saturated heterocycles. The molecule has 1 aromatic rings. The molecule has 1 heterocycles. The van der Waals surface area contributed by atoms with E-state index in [9.17, 15) is 13.2 Å². The monoisotopic (exact) mass is 447 g/mol. The number of carbonyl (C=O) groups excluding carboxylic acids is 1. The molecule has 5 atom stereocenters. The van der Waals surface area contributed by atoms with Crippen molar-refractivity contribution in [1.29, 1.82) is 0 Å². The molecule has 0 aromatic heterocycles. The van der Waals surface area contributed by atoms with Gasteiger partial charge in [0.05, 0.1) is 17.1 Å². The largest absolute Gasteiger partial charge is 0.370 e. The van der Waals surface area contributed by atoms with E-state index in [0.717, 1.165) is 50.5 Å². The van der Waals surface area contributed by atoms with Crippen molar-refractivity contribution in [2.75, 3.05) is 6.26 Å². The molecule has 0 unspecified atom stereocenters. The number of ether oxygens (including phenoxy) is 1. The second-order valence-electron chi connectivity index (χ2n) is 10.5. The molecule has 172 valence electrons. The van der Waals surface area contributed by atoms with Crippen molar-refractivity contribution in [3.05, 3.63) is 29.8 Å². The minimum absolute atomic E-state index is 0.119. The van der Waals surface area contributed by atoms with Crippen LogP contribution in [-0.2, 0) is 19.4 Å². The van der Waals surface area contributed by atoms with Crippen LogP contribution in [0.3, 0.4) is 0 Å². The van der Waals surface area contributed by atoms with E-state index in [1.165, 1.54) is 19.1 Å². The van der Waals surface area contributed by atoms with Crippen LogP contribution in [0.15, 0.2) is 29.2 Å². The van der Waals surface area contributed by atoms with Gasteiger partial charge in [0.1, 0.15) is 0 Å². The molecule has 3 aliphatic rings. The van der Waals surface area contributed by atoms with Gasteiger partial charge in [-0.15, -0.1) is 0 Å². The number of rotatable bonds is 4. The van der Waals surface area contributed by atoms with E-state index in [1.54, 1.807) is 12.1 Å². The molecule has 1 N–H and O–H groups in total. The maximum atomic E-state index is 13.2. The van der Waals surface area contributed by atoms with E-state index in [1.807, 2.05) is 12.1 Å². The third kappa shape index (κ3) is 5.00. The van der Waals surface area contributed by atoms with Gasteiger partial charge in [0.25, 0.3) is 0 Å². The minimum atomic E-state index is -3.23. The van der Waals surface area contributed by atoms with Crippen molar-refractivity contribution in [1.82, 2.24) is 5.32 Å². The molecular formula is C25H37NO4S. The van der Waals surface area contributed by atoms with Crippen molar-refractivity contribution in [2.24, 2.45) is 17.8 Å². The van der Waals surface area contributed by atoms with Gasteiger partial charge in [-0.25, -0.2) is 8.42 Å². The zero-order valence-corrected chi connectivity index (χ0v) is 19.9. The van der Waals surface area contributed by atoms with Gasteiger partial charge in [-0.3, -0.25) is 4.79 Å². The molecular weight excluding hydrogens is 410 g/mol. The van der Waals surface area contributed by atoms with Crippen LogP contribution >= 0.6 is 0 Å². The van der Waals surface area contributed by atoms with Crippen LogP contribution in [0.4, 0.5) is 0 Å². The molecule has 2 saturated carbocycles. The highest BCUT2D eigenvalue weighted by molar-refractivity contribution is 7.90. The predicted octanol–water partition coefficient (Wildman–Crippen LogP) is 4.81. The molecule has 1 aliphatic heterocycles. The first-order chi connectivity index (χ1) is 14.7. The molecule has 0 radical (unpaired) electrons. The van der Waals surface area contributed by atoms with Gasteiger partial charge in [-0.1, -0.05) is 44.7 Å². The first-order valence-electron chi connectivity index (χ1n) is 11.9. The molecule has 6 heteroatoms. The second-order valence-corrected chi connectivity index (χ2v) is 12.5. The Kier molecular flexibility index (Phi) is 6.51. The summed E-state index contributed by atoms with van der Waals surface area (Å²) in [5, 5.41) is 3.50. The highest BCUT2D eigenvalue weighted by atomic mass is 32.2. The fraction of sp³-hybridized carbons (Fsp3) is 0.720. The average Bonchev–Trinajstić information content (AvgIpc) is 2.73. The minimum Gasteiger partial charge on any atom is -0.370 e. The van der Waals surface area contributed by atoms with Crippen molar-refractivity contribution >= 4 is 15.7 Å². The van der Waals surface area contributed by atoms with Crippen LogP contribution in [-0.4, -0.2) is 32.2 Å². The summed E-state index contributed by atoms with van der Waals surface area (Å²) in [4.78, 5) is 13.5. The lowest BCUT2D eigenvalue weighted by Crippen LogP contribution is -2.61. The van der Waals surface area contributed by atoms with E-state index in [4.69, 9.17) is 4.74 Å². The highest BCUT2D eigenvalue weighted by Gasteiger charge is 2.49. The summed E-state index contributed by atoms with van der Waals surface area (Å²) in [6.07, 6.45) is 10.7. The zero-order valence-electron chi connectivity index (χ0n) is 19.1. The zero-order chi connectivity index (χ0) is 22.2. The molecule has 5 nitrogen and oxygen atoms in total. The molecule has 3 fully saturated rings. The summed E-state index contributed by atoms with van der Waals surface area (Å²) < 4.78 is 30.3. The Bertz CT molecular complexity index is 891. The number of nitrogens with one attached hydrogen (secondary N) is 1. The summed E-state index contributed by atoms with van der Waals surface area (Å²) in [5.41, 5.74) is 0.680. The van der Waals surface area contributed by atoms with Gasteiger partial charge in [0.15, 0.2) is 9.84 Å². The SMILES string of the molecule is C[C@H]1CC[C@H]2[C@H](C1)O[C@H](c1ccc(S(C)(=O)=O)cc1)C[C@]2(C)NC(=O)C1CCCCC1. The fourth-order valence-electron chi connectivity index (χ4n) is 6.02. The van der Waals surface area contributed by atoms with Gasteiger partial charge in [0, 0.05) is 30.1 Å². The van der Waals surface area contributed by atoms with Gasteiger partial charge in [0.2, 0.25) is 5.91 Å². The number of amides is 1. The normalized spacial score (nSPS) is 34.7. The van der Waals surface area contributed by atoms with Crippen LogP contribution in [0, 0.1) is 17.8 Å². The smallest absolute Gasteiger partial charge is 0.223 e.